The van der Waals surface area contributed by atoms with E-state index in [1.807, 2.05) is 0 Å². The number of fused-ring (bicyclic) bond motifs is 2. The maximum absolute atomic E-state index is 6.07. The molecular weight excluding hydrogens is 261 g/mol. The van der Waals surface area contributed by atoms with E-state index < -0.39 is 0 Å². The Bertz CT molecular complexity index is 413. The lowest BCUT2D eigenvalue weighted by Gasteiger charge is -2.34. The Morgan fingerprint density at radius 1 is 1.29 bits per heavy atom. The molecule has 3 rings (SSSR count). The number of rotatable bonds is 2. The van der Waals surface area contributed by atoms with Crippen molar-refractivity contribution in [2.75, 3.05) is 13.2 Å². The molecule has 0 amide bonds. The van der Waals surface area contributed by atoms with E-state index in [1.54, 1.807) is 6.20 Å². The molecule has 2 fully saturated rings. The fraction of sp³-hybridized carbons (Fsp3) is 0.636. The van der Waals surface area contributed by atoms with Crippen LogP contribution in [0.4, 0.5) is 0 Å². The lowest BCUT2D eigenvalue weighted by atomic mass is 10.2. The summed E-state index contributed by atoms with van der Waals surface area (Å²) in [5.41, 5.74) is 0.940. The number of ether oxygens (including phenoxy) is 1. The van der Waals surface area contributed by atoms with Crippen LogP contribution in [0.15, 0.2) is 6.20 Å². The van der Waals surface area contributed by atoms with Crippen LogP contribution in [0.1, 0.15) is 18.4 Å². The normalized spacial score (nSPS) is 28.6. The van der Waals surface area contributed by atoms with E-state index in [2.05, 4.69) is 14.9 Å². The molecule has 2 aliphatic heterocycles. The molecule has 2 atom stereocenters. The van der Waals surface area contributed by atoms with Crippen molar-refractivity contribution >= 4 is 23.2 Å². The second-order valence-electron chi connectivity index (χ2n) is 4.55. The van der Waals surface area contributed by atoms with E-state index in [9.17, 15) is 0 Å². The van der Waals surface area contributed by atoms with Crippen LogP contribution in [0.3, 0.4) is 0 Å². The number of nitrogens with zero attached hydrogens (tertiary/aromatic N) is 3. The van der Waals surface area contributed by atoms with E-state index in [0.29, 0.717) is 17.2 Å². The Balaban J connectivity index is 1.78. The number of halogens is 2. The van der Waals surface area contributed by atoms with Gasteiger partial charge >= 0.3 is 0 Å². The average molecular weight is 274 g/mol. The minimum absolute atomic E-state index is 0.198. The topological polar surface area (TPSA) is 38.2 Å². The second kappa shape index (κ2) is 4.69. The van der Waals surface area contributed by atoms with Gasteiger partial charge in [0.05, 0.1) is 13.2 Å². The summed E-state index contributed by atoms with van der Waals surface area (Å²) in [4.78, 5) is 10.4. The third-order valence-corrected chi connectivity index (χ3v) is 4.04. The monoisotopic (exact) mass is 273 g/mol. The molecule has 0 aromatic carbocycles. The van der Waals surface area contributed by atoms with Crippen LogP contribution in [-0.4, -0.2) is 40.2 Å². The number of hydrogen-bond acceptors (Lipinski definition) is 4. The van der Waals surface area contributed by atoms with Crippen LogP contribution >= 0.6 is 23.2 Å². The van der Waals surface area contributed by atoms with Gasteiger partial charge in [-0.2, -0.15) is 0 Å². The van der Waals surface area contributed by atoms with Crippen molar-refractivity contribution in [3.63, 3.8) is 0 Å². The van der Waals surface area contributed by atoms with Crippen LogP contribution in [0.5, 0.6) is 0 Å². The van der Waals surface area contributed by atoms with Gasteiger partial charge < -0.3 is 4.74 Å². The molecule has 4 nitrogen and oxygen atoms in total. The summed E-state index contributed by atoms with van der Waals surface area (Å²) in [5, 5.41) is 0.652. The molecule has 0 aliphatic carbocycles. The molecule has 2 aliphatic rings. The number of aromatic nitrogens is 2. The highest BCUT2D eigenvalue weighted by Crippen LogP contribution is 2.31. The predicted molar refractivity (Wildman–Crippen MR) is 65.2 cm³/mol. The Hall–Kier alpha value is -0.420. The van der Waals surface area contributed by atoms with Crippen molar-refractivity contribution in [2.45, 2.75) is 31.5 Å². The first kappa shape index (κ1) is 11.7. The predicted octanol–water partition coefficient (Wildman–Crippen LogP) is 2.15. The Morgan fingerprint density at radius 2 is 2.00 bits per heavy atom. The quantitative estimate of drug-likeness (QED) is 0.612. The average Bonchev–Trinajstić information content (AvgIpc) is 2.54. The molecule has 17 heavy (non-hydrogen) atoms. The summed E-state index contributed by atoms with van der Waals surface area (Å²) in [6.45, 7) is 2.43. The zero-order valence-electron chi connectivity index (χ0n) is 9.27. The molecule has 0 saturated carbocycles. The van der Waals surface area contributed by atoms with E-state index in [0.717, 1.165) is 25.3 Å². The van der Waals surface area contributed by atoms with Crippen molar-refractivity contribution in [1.82, 2.24) is 14.9 Å². The largest absolute Gasteiger partial charge is 0.378 e. The number of morpholine rings is 1. The molecule has 0 radical (unpaired) electrons. The second-order valence-corrected chi connectivity index (χ2v) is 5.25. The standard InChI is InChI=1S/C11H13Cl2N3O/c12-10-7(3-14-11(13)15-10)4-16-8-1-2-9(16)6-17-5-8/h3,8-9H,1-2,4-6H2/t8-,9?/m1/s1. The summed E-state index contributed by atoms with van der Waals surface area (Å²) in [7, 11) is 0. The van der Waals surface area contributed by atoms with E-state index in [1.165, 1.54) is 12.8 Å². The van der Waals surface area contributed by atoms with Crippen molar-refractivity contribution < 1.29 is 4.74 Å². The van der Waals surface area contributed by atoms with Crippen molar-refractivity contribution in [3.8, 4) is 0 Å². The van der Waals surface area contributed by atoms with Crippen molar-refractivity contribution in [2.24, 2.45) is 0 Å². The molecule has 1 aromatic rings. The Labute approximate surface area is 110 Å². The zero-order valence-corrected chi connectivity index (χ0v) is 10.8. The first-order chi connectivity index (χ1) is 8.24. The summed E-state index contributed by atoms with van der Waals surface area (Å²) < 4.78 is 5.55. The third-order valence-electron chi connectivity index (χ3n) is 3.53. The molecule has 6 heteroatoms. The van der Waals surface area contributed by atoms with Gasteiger partial charge in [0.1, 0.15) is 5.15 Å². The molecular formula is C11H13Cl2N3O. The third kappa shape index (κ3) is 2.27. The Kier molecular flexibility index (Phi) is 3.21. The van der Waals surface area contributed by atoms with Gasteiger partial charge in [0.15, 0.2) is 0 Å². The van der Waals surface area contributed by atoms with E-state index in [-0.39, 0.29) is 5.28 Å². The lowest BCUT2D eigenvalue weighted by Crippen LogP contribution is -2.45. The summed E-state index contributed by atoms with van der Waals surface area (Å²) >= 11 is 11.8. The van der Waals surface area contributed by atoms with E-state index >= 15 is 0 Å². The van der Waals surface area contributed by atoms with Gasteiger partial charge in [-0.25, -0.2) is 9.97 Å². The van der Waals surface area contributed by atoms with Crippen LogP contribution in [0.2, 0.25) is 10.4 Å². The van der Waals surface area contributed by atoms with Gasteiger partial charge in [-0.15, -0.1) is 0 Å². The summed E-state index contributed by atoms with van der Waals surface area (Å²) in [5.74, 6) is 0. The van der Waals surface area contributed by atoms with Crippen molar-refractivity contribution in [1.29, 1.82) is 0 Å². The van der Waals surface area contributed by atoms with Gasteiger partial charge in [-0.1, -0.05) is 11.6 Å². The minimum Gasteiger partial charge on any atom is -0.378 e. The van der Waals surface area contributed by atoms with Crippen LogP contribution in [-0.2, 0) is 11.3 Å². The molecule has 2 saturated heterocycles. The fourth-order valence-electron chi connectivity index (χ4n) is 2.64. The van der Waals surface area contributed by atoms with Gasteiger partial charge in [0.25, 0.3) is 0 Å². The molecule has 0 spiro atoms. The molecule has 3 heterocycles. The first-order valence-corrected chi connectivity index (χ1v) is 6.50. The highest BCUT2D eigenvalue weighted by atomic mass is 35.5. The first-order valence-electron chi connectivity index (χ1n) is 5.74. The van der Waals surface area contributed by atoms with Gasteiger partial charge in [0.2, 0.25) is 5.28 Å². The Morgan fingerprint density at radius 3 is 2.65 bits per heavy atom. The smallest absolute Gasteiger partial charge is 0.223 e. The fourth-order valence-corrected chi connectivity index (χ4v) is 3.01. The van der Waals surface area contributed by atoms with Crippen molar-refractivity contribution in [3.05, 3.63) is 22.2 Å². The molecule has 92 valence electrons. The number of hydrogen-bond donors (Lipinski definition) is 0. The summed E-state index contributed by atoms with van der Waals surface area (Å²) in [6, 6.07) is 1.03. The highest BCUT2D eigenvalue weighted by molar-refractivity contribution is 6.32. The van der Waals surface area contributed by atoms with Crippen LogP contribution in [0, 0.1) is 0 Å². The molecule has 1 aromatic heterocycles. The molecule has 2 bridgehead atoms. The van der Waals surface area contributed by atoms with Gasteiger partial charge in [-0.05, 0) is 24.4 Å². The van der Waals surface area contributed by atoms with Gasteiger partial charge in [-0.3, -0.25) is 4.90 Å². The molecule has 1 unspecified atom stereocenters. The maximum Gasteiger partial charge on any atom is 0.223 e. The van der Waals surface area contributed by atoms with Gasteiger partial charge in [0, 0.05) is 30.4 Å². The maximum atomic E-state index is 6.07. The highest BCUT2D eigenvalue weighted by Gasteiger charge is 2.37. The summed E-state index contributed by atoms with van der Waals surface area (Å²) in [6.07, 6.45) is 4.13. The molecule has 0 N–H and O–H groups in total. The zero-order chi connectivity index (χ0) is 11.8. The minimum atomic E-state index is 0.198. The van der Waals surface area contributed by atoms with E-state index in [4.69, 9.17) is 27.9 Å². The lowest BCUT2D eigenvalue weighted by molar-refractivity contribution is -0.0187. The van der Waals surface area contributed by atoms with Crippen LogP contribution in [0.25, 0.3) is 0 Å². The SMILES string of the molecule is Clc1ncc(CN2C3CC[C@@H]2COC3)c(Cl)n1. The van der Waals surface area contributed by atoms with Crippen LogP contribution < -0.4 is 0 Å².